The Kier molecular flexibility index (Phi) is 6.02. The third kappa shape index (κ3) is 4.98. The predicted molar refractivity (Wildman–Crippen MR) is 92.0 cm³/mol. The molecule has 4 nitrogen and oxygen atoms in total. The number of halogens is 1. The van der Waals surface area contributed by atoms with E-state index in [1.165, 1.54) is 0 Å². The van der Waals surface area contributed by atoms with Gasteiger partial charge < -0.3 is 15.2 Å². The van der Waals surface area contributed by atoms with E-state index in [0.29, 0.717) is 22.9 Å². The van der Waals surface area contributed by atoms with E-state index in [9.17, 15) is 9.90 Å². The molecule has 0 bridgehead atoms. The Hall–Kier alpha value is -2.04. The highest BCUT2D eigenvalue weighted by Gasteiger charge is 2.14. The first-order valence-corrected chi connectivity index (χ1v) is 7.84. The number of carbonyl (C=O) groups is 1. The van der Waals surface area contributed by atoms with Gasteiger partial charge in [0.2, 0.25) is 5.91 Å². The van der Waals surface area contributed by atoms with Gasteiger partial charge in [0.25, 0.3) is 0 Å². The summed E-state index contributed by atoms with van der Waals surface area (Å²) in [6.45, 7) is 4.41. The van der Waals surface area contributed by atoms with Crippen molar-refractivity contribution in [2.24, 2.45) is 0 Å². The summed E-state index contributed by atoms with van der Waals surface area (Å²) in [6, 6.07) is 12.3. The second-order valence-corrected chi connectivity index (χ2v) is 5.67. The minimum Gasteiger partial charge on any atom is -0.494 e. The summed E-state index contributed by atoms with van der Waals surface area (Å²) in [5.41, 5.74) is 2.28. The molecule has 2 aromatic carbocycles. The number of aliphatic hydroxyl groups excluding tert-OH is 1. The number of benzene rings is 2. The molecular formula is C18H20ClNO3. The van der Waals surface area contributed by atoms with Crippen LogP contribution in [0.15, 0.2) is 42.5 Å². The van der Waals surface area contributed by atoms with Gasteiger partial charge in [-0.15, -0.1) is 0 Å². The van der Waals surface area contributed by atoms with Gasteiger partial charge in [0.15, 0.2) is 0 Å². The number of nitrogens with one attached hydrogen (secondary N) is 1. The van der Waals surface area contributed by atoms with Crippen molar-refractivity contribution < 1.29 is 14.6 Å². The lowest BCUT2D eigenvalue weighted by Gasteiger charge is -2.13. The quantitative estimate of drug-likeness (QED) is 0.836. The molecule has 0 radical (unpaired) electrons. The zero-order valence-corrected chi connectivity index (χ0v) is 13.9. The van der Waals surface area contributed by atoms with E-state index in [2.05, 4.69) is 5.32 Å². The molecule has 0 aliphatic heterocycles. The monoisotopic (exact) mass is 333 g/mol. The van der Waals surface area contributed by atoms with E-state index >= 15 is 0 Å². The van der Waals surface area contributed by atoms with Gasteiger partial charge >= 0.3 is 0 Å². The maximum Gasteiger partial charge on any atom is 0.227 e. The van der Waals surface area contributed by atoms with Crippen LogP contribution in [0.4, 0.5) is 5.69 Å². The molecule has 2 N–H and O–H groups in total. The van der Waals surface area contributed by atoms with E-state index in [-0.39, 0.29) is 12.3 Å². The number of aryl methyl sites for hydroxylation is 1. The zero-order valence-electron chi connectivity index (χ0n) is 13.2. The Morgan fingerprint density at radius 2 is 1.96 bits per heavy atom. The number of aliphatic hydroxyl groups is 1. The summed E-state index contributed by atoms with van der Waals surface area (Å²) in [5, 5.41) is 13.5. The number of rotatable bonds is 6. The largest absolute Gasteiger partial charge is 0.494 e. The fourth-order valence-electron chi connectivity index (χ4n) is 2.21. The lowest BCUT2D eigenvalue weighted by atomic mass is 10.1. The van der Waals surface area contributed by atoms with Crippen LogP contribution in [0.25, 0.3) is 0 Å². The second kappa shape index (κ2) is 7.99. The van der Waals surface area contributed by atoms with Crippen molar-refractivity contribution in [2.45, 2.75) is 26.4 Å². The summed E-state index contributed by atoms with van der Waals surface area (Å²) < 4.78 is 5.42. The maximum atomic E-state index is 12.1. The second-order valence-electron chi connectivity index (χ2n) is 5.23. The first-order chi connectivity index (χ1) is 11.0. The highest BCUT2D eigenvalue weighted by Crippen LogP contribution is 2.23. The fourth-order valence-corrected chi connectivity index (χ4v) is 2.34. The minimum absolute atomic E-state index is 0.0196. The number of hydrogen-bond acceptors (Lipinski definition) is 3. The Morgan fingerprint density at radius 1 is 1.26 bits per heavy atom. The standard InChI is InChI=1S/C18H20ClNO3/c1-3-23-15-8-9-16(12(2)10-15)20-18(22)11-17(21)13-4-6-14(19)7-5-13/h4-10,17,21H,3,11H2,1-2H3,(H,20,22). The molecule has 0 aliphatic rings. The number of hydrogen-bond donors (Lipinski definition) is 2. The van der Waals surface area contributed by atoms with E-state index in [1.807, 2.05) is 26.0 Å². The Morgan fingerprint density at radius 3 is 2.57 bits per heavy atom. The first kappa shape index (κ1) is 17.3. The number of anilines is 1. The van der Waals surface area contributed by atoms with Gasteiger partial charge in [0, 0.05) is 10.7 Å². The van der Waals surface area contributed by atoms with Gasteiger partial charge in [-0.1, -0.05) is 23.7 Å². The minimum atomic E-state index is -0.865. The SMILES string of the molecule is CCOc1ccc(NC(=O)CC(O)c2ccc(Cl)cc2)c(C)c1. The van der Waals surface area contributed by atoms with Gasteiger partial charge in [0.05, 0.1) is 19.1 Å². The van der Waals surface area contributed by atoms with E-state index in [4.69, 9.17) is 16.3 Å². The van der Waals surface area contributed by atoms with Crippen molar-refractivity contribution >= 4 is 23.2 Å². The smallest absolute Gasteiger partial charge is 0.227 e. The van der Waals surface area contributed by atoms with Crippen LogP contribution in [0, 0.1) is 6.92 Å². The highest BCUT2D eigenvalue weighted by molar-refractivity contribution is 6.30. The molecule has 0 aliphatic carbocycles. The number of amides is 1. The van der Waals surface area contributed by atoms with Crippen LogP contribution in [0.5, 0.6) is 5.75 Å². The normalized spacial score (nSPS) is 11.8. The van der Waals surface area contributed by atoms with Crippen molar-refractivity contribution in [1.82, 2.24) is 0 Å². The number of ether oxygens (including phenoxy) is 1. The Bertz CT molecular complexity index is 670. The number of carbonyl (C=O) groups excluding carboxylic acids is 1. The molecule has 122 valence electrons. The summed E-state index contributed by atoms with van der Waals surface area (Å²) in [4.78, 5) is 12.1. The van der Waals surface area contributed by atoms with Crippen molar-refractivity contribution in [3.05, 3.63) is 58.6 Å². The molecule has 0 aromatic heterocycles. The Balaban J connectivity index is 1.97. The van der Waals surface area contributed by atoms with Crippen LogP contribution in [-0.4, -0.2) is 17.6 Å². The van der Waals surface area contributed by atoms with Crippen LogP contribution in [-0.2, 0) is 4.79 Å². The Labute approximate surface area is 141 Å². The van der Waals surface area contributed by atoms with Crippen LogP contribution < -0.4 is 10.1 Å². The van der Waals surface area contributed by atoms with E-state index in [1.54, 1.807) is 30.3 Å². The molecule has 0 heterocycles. The topological polar surface area (TPSA) is 58.6 Å². The summed E-state index contributed by atoms with van der Waals surface area (Å²) in [5.74, 6) is 0.518. The van der Waals surface area contributed by atoms with Gasteiger partial charge in [-0.2, -0.15) is 0 Å². The van der Waals surface area contributed by atoms with Gasteiger partial charge in [0.1, 0.15) is 5.75 Å². The van der Waals surface area contributed by atoms with E-state index in [0.717, 1.165) is 11.3 Å². The fraction of sp³-hybridized carbons (Fsp3) is 0.278. The lowest BCUT2D eigenvalue weighted by molar-refractivity contribution is -0.118. The molecule has 23 heavy (non-hydrogen) atoms. The van der Waals surface area contributed by atoms with Crippen molar-refractivity contribution in [3.63, 3.8) is 0 Å². The van der Waals surface area contributed by atoms with Gasteiger partial charge in [-0.3, -0.25) is 4.79 Å². The molecule has 2 aromatic rings. The summed E-state index contributed by atoms with van der Waals surface area (Å²) in [7, 11) is 0. The predicted octanol–water partition coefficient (Wildman–Crippen LogP) is 4.11. The summed E-state index contributed by atoms with van der Waals surface area (Å²) >= 11 is 5.81. The molecule has 2 rings (SSSR count). The third-order valence-corrected chi connectivity index (χ3v) is 3.67. The lowest BCUT2D eigenvalue weighted by Crippen LogP contribution is -2.16. The van der Waals surface area contributed by atoms with Crippen molar-refractivity contribution in [2.75, 3.05) is 11.9 Å². The molecule has 0 saturated carbocycles. The zero-order chi connectivity index (χ0) is 16.8. The average Bonchev–Trinajstić information content (AvgIpc) is 2.51. The molecule has 5 heteroatoms. The molecule has 1 unspecified atom stereocenters. The maximum absolute atomic E-state index is 12.1. The van der Waals surface area contributed by atoms with E-state index < -0.39 is 6.10 Å². The van der Waals surface area contributed by atoms with Gasteiger partial charge in [-0.25, -0.2) is 0 Å². The van der Waals surface area contributed by atoms with Gasteiger partial charge in [-0.05, 0) is 55.3 Å². The molecule has 0 fully saturated rings. The average molecular weight is 334 g/mol. The molecule has 1 atom stereocenters. The molecule has 0 spiro atoms. The summed E-state index contributed by atoms with van der Waals surface area (Å²) in [6.07, 6.45) is -0.885. The third-order valence-electron chi connectivity index (χ3n) is 3.42. The molecular weight excluding hydrogens is 314 g/mol. The van der Waals surface area contributed by atoms with Crippen LogP contribution >= 0.6 is 11.6 Å². The molecule has 1 amide bonds. The van der Waals surface area contributed by atoms with Crippen molar-refractivity contribution in [1.29, 1.82) is 0 Å². The highest BCUT2D eigenvalue weighted by atomic mass is 35.5. The first-order valence-electron chi connectivity index (χ1n) is 7.46. The molecule has 0 saturated heterocycles. The van der Waals surface area contributed by atoms with Crippen LogP contribution in [0.1, 0.15) is 30.6 Å². The van der Waals surface area contributed by atoms with Crippen molar-refractivity contribution in [3.8, 4) is 5.75 Å². The van der Waals surface area contributed by atoms with Crippen LogP contribution in [0.2, 0.25) is 5.02 Å². The van der Waals surface area contributed by atoms with Crippen LogP contribution in [0.3, 0.4) is 0 Å².